The highest BCUT2D eigenvalue weighted by Crippen LogP contribution is 2.55. The number of carbonyl (C=O) groups excluding carboxylic acids is 3. The molecule has 6 atom stereocenters. The standard InChI is InChI=1S/C16H20F2O6/c1-7-8(2)10-3-9(7)4-11(10)14(20)22-6-13(19)23-12-5-16(17,18)24-15(12)21/h7-12H,3-6H2,1-2H3. The highest BCUT2D eigenvalue weighted by Gasteiger charge is 2.52. The third-order valence-electron chi connectivity index (χ3n) is 5.74. The molecular formula is C16H20F2O6. The second kappa shape index (κ2) is 5.97. The van der Waals surface area contributed by atoms with Crippen molar-refractivity contribution in [2.75, 3.05) is 6.61 Å². The number of fused-ring (bicyclic) bond motifs is 2. The maximum Gasteiger partial charge on any atom is 0.404 e. The van der Waals surface area contributed by atoms with Crippen LogP contribution in [-0.2, 0) is 28.6 Å². The molecular weight excluding hydrogens is 326 g/mol. The molecule has 6 unspecified atom stereocenters. The summed E-state index contributed by atoms with van der Waals surface area (Å²) < 4.78 is 39.0. The van der Waals surface area contributed by atoms with Gasteiger partial charge in [-0.1, -0.05) is 13.8 Å². The molecule has 2 bridgehead atoms. The van der Waals surface area contributed by atoms with E-state index in [1.165, 1.54) is 0 Å². The van der Waals surface area contributed by atoms with Crippen LogP contribution >= 0.6 is 0 Å². The summed E-state index contributed by atoms with van der Waals surface area (Å²) in [6, 6.07) is 0. The summed E-state index contributed by atoms with van der Waals surface area (Å²) >= 11 is 0. The predicted octanol–water partition coefficient (Wildman–Crippen LogP) is 1.91. The van der Waals surface area contributed by atoms with Gasteiger partial charge < -0.3 is 14.2 Å². The van der Waals surface area contributed by atoms with Crippen molar-refractivity contribution in [2.45, 2.75) is 45.3 Å². The first-order valence-electron chi connectivity index (χ1n) is 8.14. The lowest BCUT2D eigenvalue weighted by atomic mass is 9.76. The van der Waals surface area contributed by atoms with E-state index in [9.17, 15) is 23.2 Å². The Morgan fingerprint density at radius 3 is 2.50 bits per heavy atom. The SMILES string of the molecule is CC1C2CC(C(=O)OCC(=O)OC3CC(F)(F)OC3=O)C(C2)C1C. The van der Waals surface area contributed by atoms with E-state index in [1.807, 2.05) is 0 Å². The van der Waals surface area contributed by atoms with E-state index in [1.54, 1.807) is 0 Å². The summed E-state index contributed by atoms with van der Waals surface area (Å²) in [4.78, 5) is 34.9. The number of esters is 3. The summed E-state index contributed by atoms with van der Waals surface area (Å²) in [5.74, 6) is -1.24. The van der Waals surface area contributed by atoms with Gasteiger partial charge in [0.1, 0.15) is 0 Å². The highest BCUT2D eigenvalue weighted by molar-refractivity contribution is 5.83. The fourth-order valence-corrected chi connectivity index (χ4v) is 4.28. The molecule has 134 valence electrons. The molecule has 0 radical (unpaired) electrons. The van der Waals surface area contributed by atoms with E-state index in [4.69, 9.17) is 4.74 Å². The van der Waals surface area contributed by atoms with Gasteiger partial charge >= 0.3 is 24.0 Å². The number of hydrogen-bond donors (Lipinski definition) is 0. The number of hydrogen-bond acceptors (Lipinski definition) is 6. The van der Waals surface area contributed by atoms with E-state index < -0.39 is 43.1 Å². The smallest absolute Gasteiger partial charge is 0.404 e. The summed E-state index contributed by atoms with van der Waals surface area (Å²) in [5.41, 5.74) is 0. The molecule has 1 aliphatic heterocycles. The van der Waals surface area contributed by atoms with Gasteiger partial charge in [-0.15, -0.1) is 0 Å². The van der Waals surface area contributed by atoms with Crippen molar-refractivity contribution in [3.63, 3.8) is 0 Å². The quantitative estimate of drug-likeness (QED) is 0.571. The first-order valence-corrected chi connectivity index (χ1v) is 8.14. The molecule has 2 saturated carbocycles. The molecule has 0 aromatic rings. The topological polar surface area (TPSA) is 78.9 Å². The Balaban J connectivity index is 1.46. The van der Waals surface area contributed by atoms with Gasteiger partial charge in [-0.05, 0) is 36.5 Å². The Hall–Kier alpha value is -1.73. The molecule has 1 saturated heterocycles. The van der Waals surface area contributed by atoms with Gasteiger partial charge in [-0.2, -0.15) is 8.78 Å². The number of ether oxygens (including phenoxy) is 3. The summed E-state index contributed by atoms with van der Waals surface area (Å²) in [6.45, 7) is 3.62. The van der Waals surface area contributed by atoms with Crippen LogP contribution in [0.2, 0.25) is 0 Å². The van der Waals surface area contributed by atoms with Crippen LogP contribution in [0.5, 0.6) is 0 Å². The molecule has 3 aliphatic rings. The minimum Gasteiger partial charge on any atom is -0.453 e. The Bertz CT molecular complexity index is 561. The molecule has 24 heavy (non-hydrogen) atoms. The molecule has 3 fully saturated rings. The second-order valence-electron chi connectivity index (χ2n) is 7.07. The van der Waals surface area contributed by atoms with Crippen LogP contribution in [0.1, 0.15) is 33.1 Å². The molecule has 0 amide bonds. The zero-order valence-corrected chi connectivity index (χ0v) is 13.5. The molecule has 2 aliphatic carbocycles. The Morgan fingerprint density at radius 2 is 1.96 bits per heavy atom. The van der Waals surface area contributed by atoms with Gasteiger partial charge in [0.15, 0.2) is 6.61 Å². The zero-order valence-electron chi connectivity index (χ0n) is 13.5. The summed E-state index contributed by atoms with van der Waals surface area (Å²) in [6.07, 6.45) is -4.56. The lowest BCUT2D eigenvalue weighted by molar-refractivity contribution is -0.209. The van der Waals surface area contributed by atoms with Crippen LogP contribution in [0, 0.1) is 29.6 Å². The monoisotopic (exact) mass is 346 g/mol. The minimum atomic E-state index is -3.63. The molecule has 0 aromatic carbocycles. The predicted molar refractivity (Wildman–Crippen MR) is 74.5 cm³/mol. The number of cyclic esters (lactones) is 1. The average Bonchev–Trinajstić information content (AvgIpc) is 3.11. The second-order valence-corrected chi connectivity index (χ2v) is 7.07. The number of alkyl halides is 2. The van der Waals surface area contributed by atoms with Crippen LogP contribution in [0.3, 0.4) is 0 Å². The van der Waals surface area contributed by atoms with Crippen LogP contribution in [0.15, 0.2) is 0 Å². The lowest BCUT2D eigenvalue weighted by Gasteiger charge is -2.30. The Kier molecular flexibility index (Phi) is 4.25. The van der Waals surface area contributed by atoms with Crippen molar-refractivity contribution < 1.29 is 37.4 Å². The van der Waals surface area contributed by atoms with Gasteiger partial charge in [0.25, 0.3) is 0 Å². The minimum absolute atomic E-state index is 0.227. The van der Waals surface area contributed by atoms with Gasteiger partial charge in [0, 0.05) is 0 Å². The van der Waals surface area contributed by atoms with E-state index in [-0.39, 0.29) is 11.8 Å². The molecule has 0 spiro atoms. The number of carbonyl (C=O) groups is 3. The van der Waals surface area contributed by atoms with Crippen molar-refractivity contribution in [1.29, 1.82) is 0 Å². The van der Waals surface area contributed by atoms with Gasteiger partial charge in [-0.25, -0.2) is 9.59 Å². The van der Waals surface area contributed by atoms with Crippen molar-refractivity contribution in [1.82, 2.24) is 0 Å². The van der Waals surface area contributed by atoms with Crippen LogP contribution in [0.25, 0.3) is 0 Å². The van der Waals surface area contributed by atoms with Crippen LogP contribution < -0.4 is 0 Å². The average molecular weight is 346 g/mol. The summed E-state index contributed by atoms with van der Waals surface area (Å²) in [7, 11) is 0. The first kappa shape index (κ1) is 17.1. The largest absolute Gasteiger partial charge is 0.453 e. The van der Waals surface area contributed by atoms with Crippen molar-refractivity contribution in [3.8, 4) is 0 Å². The van der Waals surface area contributed by atoms with Gasteiger partial charge in [0.05, 0.1) is 12.3 Å². The van der Waals surface area contributed by atoms with Crippen molar-refractivity contribution >= 4 is 17.9 Å². The van der Waals surface area contributed by atoms with Crippen LogP contribution in [-0.4, -0.2) is 36.7 Å². The molecule has 0 N–H and O–H groups in total. The first-order chi connectivity index (χ1) is 11.2. The van der Waals surface area contributed by atoms with E-state index in [2.05, 4.69) is 23.3 Å². The maximum absolute atomic E-state index is 12.8. The molecule has 6 nitrogen and oxygen atoms in total. The summed E-state index contributed by atoms with van der Waals surface area (Å²) in [5, 5.41) is 0. The molecule has 1 heterocycles. The lowest BCUT2D eigenvalue weighted by Crippen LogP contribution is -2.33. The molecule has 8 heteroatoms. The fraction of sp³-hybridized carbons (Fsp3) is 0.812. The van der Waals surface area contributed by atoms with E-state index >= 15 is 0 Å². The van der Waals surface area contributed by atoms with E-state index in [0.29, 0.717) is 17.8 Å². The Labute approximate surface area is 137 Å². The zero-order chi connectivity index (χ0) is 17.6. The third kappa shape index (κ3) is 3.10. The van der Waals surface area contributed by atoms with Crippen molar-refractivity contribution in [2.24, 2.45) is 29.6 Å². The third-order valence-corrected chi connectivity index (χ3v) is 5.74. The number of rotatable bonds is 4. The maximum atomic E-state index is 12.8. The Morgan fingerprint density at radius 1 is 1.25 bits per heavy atom. The van der Waals surface area contributed by atoms with Crippen molar-refractivity contribution in [3.05, 3.63) is 0 Å². The number of halogens is 2. The van der Waals surface area contributed by atoms with Crippen LogP contribution in [0.4, 0.5) is 8.78 Å². The van der Waals surface area contributed by atoms with Gasteiger partial charge in [-0.3, -0.25) is 4.79 Å². The fourth-order valence-electron chi connectivity index (χ4n) is 4.28. The highest BCUT2D eigenvalue weighted by atomic mass is 19.3. The van der Waals surface area contributed by atoms with E-state index in [0.717, 1.165) is 12.8 Å². The normalized spacial score (nSPS) is 39.6. The molecule has 3 rings (SSSR count). The molecule has 0 aromatic heterocycles. The van der Waals surface area contributed by atoms with Gasteiger partial charge in [0.2, 0.25) is 6.10 Å².